The Balaban J connectivity index is 2.68. The monoisotopic (exact) mass is 114 g/mol. The molecular weight excluding hydrogens is 104 g/mol. The van der Waals surface area contributed by atoms with Crippen LogP contribution in [0.3, 0.4) is 0 Å². The minimum absolute atomic E-state index is 0.0810. The Morgan fingerprint density at radius 1 is 1.62 bits per heavy atom. The second-order valence-corrected chi connectivity index (χ2v) is 2.69. The Kier molecular flexibility index (Phi) is 1.01. The van der Waals surface area contributed by atoms with Gasteiger partial charge in [0.15, 0.2) is 0 Å². The average molecular weight is 114 g/mol. The summed E-state index contributed by atoms with van der Waals surface area (Å²) in [6.45, 7) is 4.54. The van der Waals surface area contributed by atoms with Crippen LogP contribution >= 0.6 is 0 Å². The smallest absolute Gasteiger partial charge is 0.241 e. The summed E-state index contributed by atoms with van der Waals surface area (Å²) in [5.74, 6) is 0.0810. The maximum Gasteiger partial charge on any atom is 0.241 e. The van der Waals surface area contributed by atoms with Gasteiger partial charge in [0.2, 0.25) is 5.91 Å². The van der Waals surface area contributed by atoms with Crippen molar-refractivity contribution in [2.75, 3.05) is 6.54 Å². The van der Waals surface area contributed by atoms with Crippen molar-refractivity contribution >= 4 is 5.91 Å². The maximum atomic E-state index is 10.7. The summed E-state index contributed by atoms with van der Waals surface area (Å²) < 4.78 is 0. The molecule has 2 N–H and O–H groups in total. The van der Waals surface area contributed by atoms with Crippen LogP contribution in [0.5, 0.6) is 0 Å². The highest BCUT2D eigenvalue weighted by Gasteiger charge is 2.32. The van der Waals surface area contributed by atoms with E-state index in [0.717, 1.165) is 6.54 Å². The first-order valence-corrected chi connectivity index (χ1v) is 2.66. The SMILES string of the molecule is CC1(C)CNNC1=O. The summed E-state index contributed by atoms with van der Waals surface area (Å²) in [6, 6.07) is 0. The van der Waals surface area contributed by atoms with Gasteiger partial charge in [-0.05, 0) is 13.8 Å². The van der Waals surface area contributed by atoms with E-state index in [1.165, 1.54) is 0 Å². The third kappa shape index (κ3) is 0.690. The van der Waals surface area contributed by atoms with Crippen LogP contribution in [0.4, 0.5) is 0 Å². The fraction of sp³-hybridized carbons (Fsp3) is 0.800. The van der Waals surface area contributed by atoms with Gasteiger partial charge in [0.1, 0.15) is 0 Å². The molecule has 3 nitrogen and oxygen atoms in total. The molecule has 0 aliphatic carbocycles. The zero-order valence-corrected chi connectivity index (χ0v) is 5.12. The van der Waals surface area contributed by atoms with Crippen LogP contribution in [-0.2, 0) is 4.79 Å². The molecule has 1 heterocycles. The standard InChI is InChI=1S/C5H10N2O/c1-5(2)3-6-7-4(5)8/h6H,3H2,1-2H3,(H,7,8). The fourth-order valence-electron chi connectivity index (χ4n) is 0.595. The Labute approximate surface area is 48.4 Å². The zero-order valence-electron chi connectivity index (χ0n) is 5.12. The van der Waals surface area contributed by atoms with Gasteiger partial charge in [-0.1, -0.05) is 0 Å². The third-order valence-corrected chi connectivity index (χ3v) is 1.35. The first kappa shape index (κ1) is 5.56. The molecule has 1 fully saturated rings. The molecule has 0 radical (unpaired) electrons. The van der Waals surface area contributed by atoms with Crippen LogP contribution in [0.15, 0.2) is 0 Å². The van der Waals surface area contributed by atoms with Gasteiger partial charge in [0, 0.05) is 6.54 Å². The molecule has 8 heavy (non-hydrogen) atoms. The molecule has 0 aromatic rings. The Morgan fingerprint density at radius 3 is 2.38 bits per heavy atom. The molecule has 0 unspecified atom stereocenters. The summed E-state index contributed by atoms with van der Waals surface area (Å²) in [6.07, 6.45) is 0. The van der Waals surface area contributed by atoms with Gasteiger partial charge in [-0.25, -0.2) is 5.43 Å². The molecule has 1 amide bonds. The lowest BCUT2D eigenvalue weighted by Crippen LogP contribution is -2.28. The summed E-state index contributed by atoms with van der Waals surface area (Å²) in [5.41, 5.74) is 5.08. The normalized spacial score (nSPS) is 25.5. The number of hydrazine groups is 1. The number of carbonyl (C=O) groups is 1. The number of amides is 1. The molecular formula is C5H10N2O. The molecule has 3 heteroatoms. The van der Waals surface area contributed by atoms with Crippen molar-refractivity contribution in [3.63, 3.8) is 0 Å². The van der Waals surface area contributed by atoms with Crippen LogP contribution in [0.1, 0.15) is 13.8 Å². The quantitative estimate of drug-likeness (QED) is 0.452. The molecule has 0 spiro atoms. The van der Waals surface area contributed by atoms with E-state index in [1.54, 1.807) is 0 Å². The molecule has 0 atom stereocenters. The van der Waals surface area contributed by atoms with Crippen molar-refractivity contribution in [3.8, 4) is 0 Å². The van der Waals surface area contributed by atoms with Gasteiger partial charge < -0.3 is 0 Å². The molecule has 1 rings (SSSR count). The molecule has 1 aliphatic rings. The highest BCUT2D eigenvalue weighted by molar-refractivity contribution is 5.83. The van der Waals surface area contributed by atoms with Crippen molar-refractivity contribution in [3.05, 3.63) is 0 Å². The van der Waals surface area contributed by atoms with Crippen molar-refractivity contribution in [2.45, 2.75) is 13.8 Å². The molecule has 1 saturated heterocycles. The predicted molar refractivity (Wildman–Crippen MR) is 29.9 cm³/mol. The van der Waals surface area contributed by atoms with Crippen molar-refractivity contribution < 1.29 is 4.79 Å². The van der Waals surface area contributed by atoms with Crippen LogP contribution in [-0.4, -0.2) is 12.5 Å². The minimum atomic E-state index is -0.208. The van der Waals surface area contributed by atoms with Crippen molar-refractivity contribution in [1.82, 2.24) is 10.9 Å². The van der Waals surface area contributed by atoms with E-state index >= 15 is 0 Å². The molecule has 0 aromatic heterocycles. The van der Waals surface area contributed by atoms with Gasteiger partial charge in [-0.3, -0.25) is 10.2 Å². The van der Waals surface area contributed by atoms with Crippen LogP contribution < -0.4 is 10.9 Å². The van der Waals surface area contributed by atoms with E-state index < -0.39 is 0 Å². The highest BCUT2D eigenvalue weighted by Crippen LogP contribution is 2.15. The molecule has 46 valence electrons. The van der Waals surface area contributed by atoms with Crippen molar-refractivity contribution in [1.29, 1.82) is 0 Å². The molecule has 0 aromatic carbocycles. The number of carbonyl (C=O) groups excluding carboxylic acids is 1. The van der Waals surface area contributed by atoms with Gasteiger partial charge >= 0.3 is 0 Å². The predicted octanol–water partition coefficient (Wildman–Crippen LogP) is -0.353. The van der Waals surface area contributed by atoms with Crippen LogP contribution in [0.2, 0.25) is 0 Å². The second-order valence-electron chi connectivity index (χ2n) is 2.69. The van der Waals surface area contributed by atoms with E-state index in [2.05, 4.69) is 10.9 Å². The van der Waals surface area contributed by atoms with E-state index in [-0.39, 0.29) is 11.3 Å². The lowest BCUT2D eigenvalue weighted by atomic mass is 9.95. The number of nitrogens with one attached hydrogen (secondary N) is 2. The third-order valence-electron chi connectivity index (χ3n) is 1.35. The van der Waals surface area contributed by atoms with Gasteiger partial charge in [-0.2, -0.15) is 0 Å². The minimum Gasteiger partial charge on any atom is -0.291 e. The molecule has 0 bridgehead atoms. The van der Waals surface area contributed by atoms with Crippen LogP contribution in [0.25, 0.3) is 0 Å². The fourth-order valence-corrected chi connectivity index (χ4v) is 0.595. The Morgan fingerprint density at radius 2 is 2.25 bits per heavy atom. The zero-order chi connectivity index (χ0) is 6.20. The number of rotatable bonds is 0. The van der Waals surface area contributed by atoms with E-state index in [4.69, 9.17) is 0 Å². The summed E-state index contributed by atoms with van der Waals surface area (Å²) in [7, 11) is 0. The maximum absolute atomic E-state index is 10.7. The Bertz CT molecular complexity index is 120. The first-order chi connectivity index (χ1) is 3.63. The summed E-state index contributed by atoms with van der Waals surface area (Å²) >= 11 is 0. The van der Waals surface area contributed by atoms with Gasteiger partial charge in [-0.15, -0.1) is 0 Å². The average Bonchev–Trinajstić information content (AvgIpc) is 1.86. The number of hydrogen-bond donors (Lipinski definition) is 2. The first-order valence-electron chi connectivity index (χ1n) is 2.66. The van der Waals surface area contributed by atoms with E-state index in [1.807, 2.05) is 13.8 Å². The van der Waals surface area contributed by atoms with Gasteiger partial charge in [0.05, 0.1) is 5.41 Å². The lowest BCUT2D eigenvalue weighted by Gasteiger charge is -2.08. The largest absolute Gasteiger partial charge is 0.291 e. The summed E-state index contributed by atoms with van der Waals surface area (Å²) in [4.78, 5) is 10.7. The van der Waals surface area contributed by atoms with Gasteiger partial charge in [0.25, 0.3) is 0 Å². The number of hydrogen-bond acceptors (Lipinski definition) is 2. The molecule has 0 saturated carbocycles. The summed E-state index contributed by atoms with van der Waals surface area (Å²) in [5, 5.41) is 0. The molecule has 1 aliphatic heterocycles. The topological polar surface area (TPSA) is 41.1 Å². The van der Waals surface area contributed by atoms with Crippen molar-refractivity contribution in [2.24, 2.45) is 5.41 Å². The second kappa shape index (κ2) is 1.45. The van der Waals surface area contributed by atoms with E-state index in [0.29, 0.717) is 0 Å². The highest BCUT2D eigenvalue weighted by atomic mass is 16.2. The van der Waals surface area contributed by atoms with Crippen LogP contribution in [0, 0.1) is 5.41 Å². The Hall–Kier alpha value is -0.570. The van der Waals surface area contributed by atoms with E-state index in [9.17, 15) is 4.79 Å². The lowest BCUT2D eigenvalue weighted by molar-refractivity contribution is -0.125.